The van der Waals surface area contributed by atoms with Crippen molar-refractivity contribution in [3.8, 4) is 11.5 Å². The van der Waals surface area contributed by atoms with E-state index in [2.05, 4.69) is 10.6 Å². The summed E-state index contributed by atoms with van der Waals surface area (Å²) >= 11 is 0. The van der Waals surface area contributed by atoms with Crippen LogP contribution >= 0.6 is 0 Å². The third-order valence-corrected chi connectivity index (χ3v) is 9.49. The van der Waals surface area contributed by atoms with Gasteiger partial charge in [0, 0.05) is 12.8 Å². The van der Waals surface area contributed by atoms with Crippen LogP contribution in [0.25, 0.3) is 0 Å². The molecule has 0 heterocycles. The predicted octanol–water partition coefficient (Wildman–Crippen LogP) is 8.04. The van der Waals surface area contributed by atoms with Gasteiger partial charge in [0.05, 0.1) is 11.1 Å². The largest absolute Gasteiger partial charge is 0.490 e. The van der Waals surface area contributed by atoms with Crippen LogP contribution in [0.1, 0.15) is 88.2 Å². The van der Waals surface area contributed by atoms with Gasteiger partial charge >= 0.3 is 24.3 Å². The highest BCUT2D eigenvalue weighted by Crippen LogP contribution is 2.35. The van der Waals surface area contributed by atoms with Crippen LogP contribution in [-0.4, -0.2) is 50.7 Å². The van der Waals surface area contributed by atoms with Gasteiger partial charge in [-0.15, -0.1) is 0 Å². The first-order chi connectivity index (χ1) is 23.8. The number of halogens is 6. The van der Waals surface area contributed by atoms with Crippen LogP contribution in [0.5, 0.6) is 11.5 Å². The molecule has 2 aromatic carbocycles. The van der Waals surface area contributed by atoms with Crippen LogP contribution < -0.4 is 20.1 Å². The Morgan fingerprint density at radius 2 is 0.920 bits per heavy atom. The van der Waals surface area contributed by atoms with Gasteiger partial charge < -0.3 is 18.9 Å². The van der Waals surface area contributed by atoms with Gasteiger partial charge in [-0.2, -0.15) is 26.3 Å². The molecule has 0 aliphatic heterocycles. The Morgan fingerprint density at radius 3 is 1.20 bits per heavy atom. The molecule has 2 N–H and O–H groups in total. The average molecular weight is 717 g/mol. The van der Waals surface area contributed by atoms with Crippen molar-refractivity contribution >= 4 is 11.9 Å². The molecule has 0 bridgehead atoms. The van der Waals surface area contributed by atoms with E-state index >= 15 is 0 Å². The molecule has 2 aliphatic carbocycles. The van der Waals surface area contributed by atoms with E-state index < -0.39 is 60.1 Å². The van der Waals surface area contributed by atoms with Crippen LogP contribution in [-0.2, 0) is 31.4 Å². The quantitative estimate of drug-likeness (QED) is 0.0879. The third kappa shape index (κ3) is 11.8. The van der Waals surface area contributed by atoms with E-state index in [0.29, 0.717) is 0 Å². The highest BCUT2D eigenvalue weighted by atomic mass is 19.4. The minimum Gasteiger partial charge on any atom is -0.490 e. The van der Waals surface area contributed by atoms with E-state index in [1.54, 1.807) is 14.1 Å². The predicted molar refractivity (Wildman–Crippen MR) is 172 cm³/mol. The molecule has 4 rings (SSSR count). The fourth-order valence-electron chi connectivity index (χ4n) is 6.71. The van der Waals surface area contributed by atoms with E-state index in [4.69, 9.17) is 18.9 Å². The van der Waals surface area contributed by atoms with E-state index in [9.17, 15) is 35.9 Å². The number of rotatable bonds is 14. The fraction of sp³-hybridized carbons (Fsp3) is 0.611. The van der Waals surface area contributed by atoms with Crippen LogP contribution in [0.4, 0.5) is 26.3 Å². The van der Waals surface area contributed by atoms with Gasteiger partial charge in [0.25, 0.3) is 0 Å². The van der Waals surface area contributed by atoms with Crippen molar-refractivity contribution in [2.75, 3.05) is 14.1 Å². The van der Waals surface area contributed by atoms with Crippen molar-refractivity contribution in [3.05, 3.63) is 59.7 Å². The number of esters is 2. The van der Waals surface area contributed by atoms with Crippen LogP contribution in [0, 0.1) is 11.8 Å². The molecular formula is C36H46F6N2O6. The lowest BCUT2D eigenvalue weighted by Crippen LogP contribution is -2.43. The monoisotopic (exact) mass is 716 g/mol. The van der Waals surface area contributed by atoms with E-state index in [1.165, 1.54) is 24.3 Å². The van der Waals surface area contributed by atoms with Crippen molar-refractivity contribution in [2.24, 2.45) is 11.8 Å². The second-order valence-corrected chi connectivity index (χ2v) is 13.0. The number of carbonyl (C=O) groups excluding carboxylic acids is 2. The summed E-state index contributed by atoms with van der Waals surface area (Å²) in [6, 6.07) is 8.84. The lowest BCUT2D eigenvalue weighted by atomic mass is 9.83. The topological polar surface area (TPSA) is 95.1 Å². The summed E-state index contributed by atoms with van der Waals surface area (Å²) in [6.07, 6.45) is -2.39. The maximum atomic E-state index is 13.1. The molecule has 2 fully saturated rings. The summed E-state index contributed by atoms with van der Waals surface area (Å²) in [5, 5.41) is 5.74. The molecule has 2 aliphatic rings. The average Bonchev–Trinajstić information content (AvgIpc) is 3.10. The zero-order valence-electron chi connectivity index (χ0n) is 28.3. The zero-order valence-corrected chi connectivity index (χ0v) is 28.3. The molecule has 0 aromatic heterocycles. The van der Waals surface area contributed by atoms with E-state index in [-0.39, 0.29) is 36.2 Å². The second kappa shape index (κ2) is 18.1. The molecule has 4 atom stereocenters. The van der Waals surface area contributed by atoms with Crippen molar-refractivity contribution in [1.29, 1.82) is 0 Å². The Labute approximate surface area is 288 Å². The second-order valence-electron chi connectivity index (χ2n) is 13.0. The normalized spacial score (nSPS) is 18.8. The maximum absolute atomic E-state index is 13.1. The maximum Gasteiger partial charge on any atom is 0.419 e. The smallest absolute Gasteiger partial charge is 0.419 e. The summed E-state index contributed by atoms with van der Waals surface area (Å²) in [7, 11) is 3.09. The number of alkyl halides is 6. The highest BCUT2D eigenvalue weighted by Gasteiger charge is 2.35. The van der Waals surface area contributed by atoms with Gasteiger partial charge in [0.1, 0.15) is 23.7 Å². The first-order valence-electron chi connectivity index (χ1n) is 17.2. The molecule has 278 valence electrons. The Balaban J connectivity index is 1.39. The van der Waals surface area contributed by atoms with Crippen molar-refractivity contribution < 1.29 is 54.9 Å². The van der Waals surface area contributed by atoms with Crippen LogP contribution in [0.15, 0.2) is 48.5 Å². The van der Waals surface area contributed by atoms with E-state index in [1.807, 2.05) is 0 Å². The molecule has 4 unspecified atom stereocenters. The lowest BCUT2D eigenvalue weighted by molar-refractivity contribution is -0.177. The van der Waals surface area contributed by atoms with Gasteiger partial charge in [-0.25, -0.2) is 9.59 Å². The van der Waals surface area contributed by atoms with Crippen molar-refractivity contribution in [2.45, 2.75) is 114 Å². The third-order valence-electron chi connectivity index (χ3n) is 9.49. The SMILES string of the molecule is CNC(CC(Oc1ccc(C(F)(F)F)cc1)C1CCCCC1)OC(=O)C(=O)OC(CC(Oc1ccc(C(F)(F)F)cc1)C1CCCCC1)NC. The molecule has 14 heteroatoms. The summed E-state index contributed by atoms with van der Waals surface area (Å²) in [4.78, 5) is 25.9. The molecule has 0 radical (unpaired) electrons. The molecule has 2 saturated carbocycles. The summed E-state index contributed by atoms with van der Waals surface area (Å²) in [6.45, 7) is 0. The number of carbonyl (C=O) groups is 2. The zero-order chi connectivity index (χ0) is 36.3. The van der Waals surface area contributed by atoms with Gasteiger partial charge in [0.2, 0.25) is 0 Å². The lowest BCUT2D eigenvalue weighted by Gasteiger charge is -2.33. The molecule has 2 aromatic rings. The van der Waals surface area contributed by atoms with Crippen molar-refractivity contribution in [1.82, 2.24) is 10.6 Å². The Morgan fingerprint density at radius 1 is 0.600 bits per heavy atom. The number of hydrogen-bond acceptors (Lipinski definition) is 8. The van der Waals surface area contributed by atoms with Gasteiger partial charge in [-0.1, -0.05) is 38.5 Å². The first-order valence-corrected chi connectivity index (χ1v) is 17.2. The molecule has 0 saturated heterocycles. The standard InChI is InChI=1S/C36H46F6N2O6/c1-43-31(21-29(23-9-5-3-6-10-23)47-27-17-13-25(14-18-27)35(37,38)39)49-33(45)34(46)50-32(44-2)22-30(24-11-7-4-8-12-24)48-28-19-15-26(16-20-28)36(40,41)42/h13-20,23-24,29-32,43-44H,3-12,21-22H2,1-2H3. The van der Waals surface area contributed by atoms with E-state index in [0.717, 1.165) is 88.5 Å². The molecule has 50 heavy (non-hydrogen) atoms. The summed E-state index contributed by atoms with van der Waals surface area (Å²) in [5.74, 6) is -1.89. The molecular weight excluding hydrogens is 670 g/mol. The van der Waals surface area contributed by atoms with Crippen molar-refractivity contribution in [3.63, 3.8) is 0 Å². The minimum absolute atomic E-state index is 0.0580. The summed E-state index contributed by atoms with van der Waals surface area (Å²) < 4.78 is 102. The van der Waals surface area contributed by atoms with Gasteiger partial charge in [0.15, 0.2) is 12.5 Å². The number of hydrogen-bond donors (Lipinski definition) is 2. The van der Waals surface area contributed by atoms with Crippen LogP contribution in [0.3, 0.4) is 0 Å². The Hall–Kier alpha value is -3.52. The van der Waals surface area contributed by atoms with Crippen LogP contribution in [0.2, 0.25) is 0 Å². The number of nitrogens with one attached hydrogen (secondary N) is 2. The Kier molecular flexibility index (Phi) is 14.2. The Bertz CT molecular complexity index is 1240. The summed E-state index contributed by atoms with van der Waals surface area (Å²) in [5.41, 5.74) is -1.59. The number of ether oxygens (including phenoxy) is 4. The van der Waals surface area contributed by atoms with Gasteiger partial charge in [-0.3, -0.25) is 10.6 Å². The van der Waals surface area contributed by atoms with Gasteiger partial charge in [-0.05, 0) is 100 Å². The fourth-order valence-corrected chi connectivity index (χ4v) is 6.71. The number of benzene rings is 2. The molecule has 0 amide bonds. The molecule has 0 spiro atoms. The first kappa shape index (κ1) is 39.3. The highest BCUT2D eigenvalue weighted by molar-refractivity contribution is 6.29. The minimum atomic E-state index is -4.48. The molecule has 8 nitrogen and oxygen atoms in total.